The van der Waals surface area contributed by atoms with Gasteiger partial charge in [-0.15, -0.1) is 0 Å². The number of aryl methyl sites for hydroxylation is 1. The van der Waals surface area contributed by atoms with Crippen molar-refractivity contribution in [3.05, 3.63) is 29.8 Å². The van der Waals surface area contributed by atoms with Gasteiger partial charge in [-0.1, -0.05) is 12.1 Å². The van der Waals surface area contributed by atoms with E-state index in [1.165, 1.54) is 5.56 Å². The number of rotatable bonds is 8. The maximum Gasteiger partial charge on any atom is 0.220 e. The number of hydrogen-bond acceptors (Lipinski definition) is 3. The number of nitrogens with one attached hydrogen (secondary N) is 1. The Morgan fingerprint density at radius 1 is 1.28 bits per heavy atom. The summed E-state index contributed by atoms with van der Waals surface area (Å²) in [5, 5.41) is 2.89. The summed E-state index contributed by atoms with van der Waals surface area (Å²) in [6.07, 6.45) is 3.19. The standard InChI is InChI=1S/C14H22N2O2/c1-18-13-8-6-12(7-9-13)4-3-11-16-14(17)5-2-10-15/h6-9H,2-5,10-11,15H2,1H3,(H,16,17). The Hall–Kier alpha value is -1.55. The molecule has 0 aliphatic carbocycles. The zero-order valence-electron chi connectivity index (χ0n) is 10.9. The molecule has 0 aliphatic rings. The Balaban J connectivity index is 2.15. The third-order valence-electron chi connectivity index (χ3n) is 2.73. The van der Waals surface area contributed by atoms with Crippen LogP contribution >= 0.6 is 0 Å². The van der Waals surface area contributed by atoms with Gasteiger partial charge in [0.2, 0.25) is 5.91 Å². The van der Waals surface area contributed by atoms with Crippen LogP contribution in [0.15, 0.2) is 24.3 Å². The van der Waals surface area contributed by atoms with Crippen molar-refractivity contribution in [3.63, 3.8) is 0 Å². The minimum Gasteiger partial charge on any atom is -0.497 e. The van der Waals surface area contributed by atoms with Gasteiger partial charge in [0.25, 0.3) is 0 Å². The summed E-state index contributed by atoms with van der Waals surface area (Å²) < 4.78 is 5.10. The van der Waals surface area contributed by atoms with Crippen LogP contribution in [0.4, 0.5) is 0 Å². The molecule has 0 unspecified atom stereocenters. The molecule has 0 heterocycles. The van der Waals surface area contributed by atoms with E-state index in [0.29, 0.717) is 13.0 Å². The summed E-state index contributed by atoms with van der Waals surface area (Å²) in [6, 6.07) is 8.01. The van der Waals surface area contributed by atoms with Crippen molar-refractivity contribution in [2.24, 2.45) is 5.73 Å². The fraction of sp³-hybridized carbons (Fsp3) is 0.500. The van der Waals surface area contributed by atoms with Gasteiger partial charge < -0.3 is 15.8 Å². The smallest absolute Gasteiger partial charge is 0.220 e. The highest BCUT2D eigenvalue weighted by atomic mass is 16.5. The molecule has 1 aromatic rings. The molecule has 0 fully saturated rings. The molecule has 4 nitrogen and oxygen atoms in total. The number of amides is 1. The molecule has 1 rings (SSSR count). The van der Waals surface area contributed by atoms with Crippen molar-refractivity contribution in [1.29, 1.82) is 0 Å². The molecule has 4 heteroatoms. The Morgan fingerprint density at radius 3 is 2.61 bits per heavy atom. The minimum atomic E-state index is 0.0928. The van der Waals surface area contributed by atoms with E-state index >= 15 is 0 Å². The van der Waals surface area contributed by atoms with Crippen molar-refractivity contribution >= 4 is 5.91 Å². The molecule has 0 aromatic heterocycles. The van der Waals surface area contributed by atoms with Crippen molar-refractivity contribution in [2.45, 2.75) is 25.7 Å². The summed E-state index contributed by atoms with van der Waals surface area (Å²) in [4.78, 5) is 11.3. The van der Waals surface area contributed by atoms with Crippen LogP contribution in [-0.2, 0) is 11.2 Å². The van der Waals surface area contributed by atoms with Gasteiger partial charge >= 0.3 is 0 Å². The van der Waals surface area contributed by atoms with Crippen LogP contribution in [0.3, 0.4) is 0 Å². The van der Waals surface area contributed by atoms with Crippen LogP contribution in [0.25, 0.3) is 0 Å². The van der Waals surface area contributed by atoms with E-state index in [4.69, 9.17) is 10.5 Å². The SMILES string of the molecule is COc1ccc(CCCNC(=O)CCCN)cc1. The van der Waals surface area contributed by atoms with E-state index in [2.05, 4.69) is 17.4 Å². The number of carbonyl (C=O) groups excluding carboxylic acids is 1. The first-order valence-electron chi connectivity index (χ1n) is 6.36. The highest BCUT2D eigenvalue weighted by Crippen LogP contribution is 2.12. The summed E-state index contributed by atoms with van der Waals surface area (Å²) in [5.41, 5.74) is 6.60. The predicted octanol–water partition coefficient (Wildman–Crippen LogP) is 1.48. The minimum absolute atomic E-state index is 0.0928. The summed E-state index contributed by atoms with van der Waals surface area (Å²) in [7, 11) is 1.66. The van der Waals surface area contributed by atoms with Crippen molar-refractivity contribution in [2.75, 3.05) is 20.2 Å². The summed E-state index contributed by atoms with van der Waals surface area (Å²) in [6.45, 7) is 1.29. The zero-order valence-corrected chi connectivity index (χ0v) is 10.9. The topological polar surface area (TPSA) is 64.3 Å². The number of hydrogen-bond donors (Lipinski definition) is 2. The first kappa shape index (κ1) is 14.5. The lowest BCUT2D eigenvalue weighted by molar-refractivity contribution is -0.121. The quantitative estimate of drug-likeness (QED) is 0.687. The van der Waals surface area contributed by atoms with E-state index < -0.39 is 0 Å². The second-order valence-electron chi connectivity index (χ2n) is 4.19. The van der Waals surface area contributed by atoms with Gasteiger partial charge in [-0.25, -0.2) is 0 Å². The van der Waals surface area contributed by atoms with Crippen molar-refractivity contribution in [3.8, 4) is 5.75 Å². The lowest BCUT2D eigenvalue weighted by Gasteiger charge is -2.05. The maximum atomic E-state index is 11.3. The van der Waals surface area contributed by atoms with Crippen molar-refractivity contribution < 1.29 is 9.53 Å². The van der Waals surface area contributed by atoms with Crippen LogP contribution in [-0.4, -0.2) is 26.1 Å². The lowest BCUT2D eigenvalue weighted by Crippen LogP contribution is -2.25. The van der Waals surface area contributed by atoms with Crippen LogP contribution < -0.4 is 15.8 Å². The number of benzene rings is 1. The summed E-state index contributed by atoms with van der Waals surface area (Å²) >= 11 is 0. The number of carbonyl (C=O) groups is 1. The molecule has 0 saturated heterocycles. The second kappa shape index (κ2) is 8.53. The number of ether oxygens (including phenoxy) is 1. The molecule has 0 aliphatic heterocycles. The number of nitrogens with two attached hydrogens (primary N) is 1. The fourth-order valence-electron chi connectivity index (χ4n) is 1.66. The predicted molar refractivity (Wildman–Crippen MR) is 72.6 cm³/mol. The molecular formula is C14H22N2O2. The van der Waals surface area contributed by atoms with E-state index in [-0.39, 0.29) is 5.91 Å². The highest BCUT2D eigenvalue weighted by molar-refractivity contribution is 5.75. The molecule has 0 bridgehead atoms. The lowest BCUT2D eigenvalue weighted by atomic mass is 10.1. The van der Waals surface area contributed by atoms with E-state index in [1.807, 2.05) is 12.1 Å². The molecule has 18 heavy (non-hydrogen) atoms. The van der Waals surface area contributed by atoms with Gasteiger partial charge in [-0.3, -0.25) is 4.79 Å². The third-order valence-corrected chi connectivity index (χ3v) is 2.73. The first-order valence-corrected chi connectivity index (χ1v) is 6.36. The fourth-order valence-corrected chi connectivity index (χ4v) is 1.66. The molecule has 0 saturated carbocycles. The zero-order chi connectivity index (χ0) is 13.2. The Morgan fingerprint density at radius 2 is 2.00 bits per heavy atom. The molecule has 0 spiro atoms. The van der Waals surface area contributed by atoms with Gasteiger partial charge in [0.05, 0.1) is 7.11 Å². The Kier molecular flexibility index (Phi) is 6.87. The summed E-state index contributed by atoms with van der Waals surface area (Å²) in [5.74, 6) is 0.962. The van der Waals surface area contributed by atoms with Gasteiger partial charge in [0.1, 0.15) is 5.75 Å². The molecule has 0 atom stereocenters. The second-order valence-corrected chi connectivity index (χ2v) is 4.19. The average molecular weight is 250 g/mol. The van der Waals surface area contributed by atoms with Crippen LogP contribution in [0, 0.1) is 0 Å². The average Bonchev–Trinajstić information content (AvgIpc) is 2.42. The molecule has 100 valence electrons. The number of methoxy groups -OCH3 is 1. The van der Waals surface area contributed by atoms with E-state index in [1.54, 1.807) is 7.11 Å². The maximum absolute atomic E-state index is 11.3. The Bertz CT molecular complexity index is 349. The van der Waals surface area contributed by atoms with Gasteiger partial charge in [-0.2, -0.15) is 0 Å². The van der Waals surface area contributed by atoms with Crippen LogP contribution in [0.2, 0.25) is 0 Å². The molecule has 1 aromatic carbocycles. The normalized spacial score (nSPS) is 10.1. The van der Waals surface area contributed by atoms with Gasteiger partial charge in [0.15, 0.2) is 0 Å². The molecular weight excluding hydrogens is 228 g/mol. The largest absolute Gasteiger partial charge is 0.497 e. The van der Waals surface area contributed by atoms with E-state index in [0.717, 1.165) is 31.6 Å². The van der Waals surface area contributed by atoms with Crippen LogP contribution in [0.1, 0.15) is 24.8 Å². The monoisotopic (exact) mass is 250 g/mol. The van der Waals surface area contributed by atoms with Gasteiger partial charge in [-0.05, 0) is 43.5 Å². The third kappa shape index (κ3) is 5.68. The van der Waals surface area contributed by atoms with E-state index in [9.17, 15) is 4.79 Å². The van der Waals surface area contributed by atoms with Gasteiger partial charge in [0, 0.05) is 13.0 Å². The first-order chi connectivity index (χ1) is 8.76. The molecule has 0 radical (unpaired) electrons. The Labute approximate surface area is 109 Å². The van der Waals surface area contributed by atoms with Crippen molar-refractivity contribution in [1.82, 2.24) is 5.32 Å². The molecule has 3 N–H and O–H groups in total. The molecule has 1 amide bonds. The van der Waals surface area contributed by atoms with Crippen LogP contribution in [0.5, 0.6) is 5.75 Å². The highest BCUT2D eigenvalue weighted by Gasteiger charge is 1.99.